The van der Waals surface area contributed by atoms with E-state index in [-0.39, 0.29) is 11.0 Å². The van der Waals surface area contributed by atoms with Gasteiger partial charge in [0.25, 0.3) is 0 Å². The van der Waals surface area contributed by atoms with Crippen LogP contribution in [-0.2, 0) is 0 Å². The molecular weight excluding hydrogens is 414 g/mol. The van der Waals surface area contributed by atoms with Crippen LogP contribution in [0.1, 0.15) is 0 Å². The number of ether oxygens (including phenoxy) is 1. The third-order valence-electron chi connectivity index (χ3n) is 4.67. The van der Waals surface area contributed by atoms with Gasteiger partial charge in [-0.05, 0) is 29.2 Å². The van der Waals surface area contributed by atoms with Gasteiger partial charge in [0.1, 0.15) is 11.3 Å². The Kier molecular flexibility index (Phi) is 3.67. The Morgan fingerprint density at radius 1 is 1.07 bits per heavy atom. The van der Waals surface area contributed by atoms with Crippen molar-refractivity contribution in [3.8, 4) is 5.75 Å². The van der Waals surface area contributed by atoms with E-state index in [1.54, 1.807) is 18.2 Å². The highest BCUT2D eigenvalue weighted by Crippen LogP contribution is 2.29. The number of methoxy groups -OCH3 is 1. The highest BCUT2D eigenvalue weighted by Gasteiger charge is 2.22. The fraction of sp³-hybridized carbons (Fsp3) is 0.0556. The van der Waals surface area contributed by atoms with Gasteiger partial charge >= 0.3 is 0 Å². The number of thiazole rings is 1. The zero-order chi connectivity index (χ0) is 21.2. The molecule has 0 bridgehead atoms. The van der Waals surface area contributed by atoms with Gasteiger partial charge in [0.15, 0.2) is 16.4 Å². The van der Waals surface area contributed by atoms with Crippen molar-refractivity contribution in [2.75, 3.05) is 12.5 Å². The van der Waals surface area contributed by atoms with E-state index in [0.717, 1.165) is 21.6 Å². The molecule has 0 unspecified atom stereocenters. The van der Waals surface area contributed by atoms with Crippen molar-refractivity contribution in [2.24, 2.45) is 0 Å². The number of rotatable bonds is 3. The van der Waals surface area contributed by atoms with Gasteiger partial charge in [-0.1, -0.05) is 11.3 Å². The van der Waals surface area contributed by atoms with Crippen LogP contribution in [0.4, 0.5) is 5.13 Å². The monoisotopic (exact) mass is 425 g/mol. The van der Waals surface area contributed by atoms with E-state index < -0.39 is 32.5 Å². The van der Waals surface area contributed by atoms with Crippen molar-refractivity contribution in [3.05, 3.63) is 71.2 Å². The summed E-state index contributed by atoms with van der Waals surface area (Å²) in [7, 11) is 1.53. The van der Waals surface area contributed by atoms with Gasteiger partial charge in [-0.3, -0.25) is 19.2 Å². The van der Waals surface area contributed by atoms with Crippen LogP contribution in [0.3, 0.4) is 0 Å². The highest BCUT2D eigenvalue weighted by molar-refractivity contribution is 7.22. The Hall–Kier alpha value is -4.19. The molecule has 2 aromatic heterocycles. The summed E-state index contributed by atoms with van der Waals surface area (Å²) in [6.07, 6.45) is 0. The lowest BCUT2D eigenvalue weighted by atomic mass is 10.1. The van der Waals surface area contributed by atoms with Crippen LogP contribution >= 0.6 is 11.3 Å². The molecule has 0 saturated heterocycles. The molecule has 2 heterocycles. The van der Waals surface area contributed by atoms with E-state index >= 15 is 0 Å². The van der Waals surface area contributed by atoms with Gasteiger partial charge in [0.05, 0.1) is 28.1 Å². The lowest BCUT2D eigenvalue weighted by Gasteiger charge is -2.06. The summed E-state index contributed by atoms with van der Waals surface area (Å²) < 4.78 is 5.97. The topological polar surface area (TPSA) is 148 Å². The normalized spacial score (nSPS) is 11.5. The zero-order valence-corrected chi connectivity index (χ0v) is 15.9. The minimum Gasteiger partial charge on any atom is -0.497 e. The zero-order valence-electron chi connectivity index (χ0n) is 15.1. The molecule has 0 spiro atoms. The molecular formula is C18H11N5O6S. The highest BCUT2D eigenvalue weighted by atomic mass is 32.1. The molecule has 0 amide bonds. The van der Waals surface area contributed by atoms with E-state index in [1.165, 1.54) is 18.4 Å². The summed E-state index contributed by atoms with van der Waals surface area (Å²) >= 11 is 1.22. The minimum atomic E-state index is -0.873. The van der Waals surface area contributed by atoms with Crippen molar-refractivity contribution >= 4 is 48.5 Å². The first-order valence-electron chi connectivity index (χ1n) is 8.50. The minimum absolute atomic E-state index is 0.291. The molecule has 12 heteroatoms. The summed E-state index contributed by atoms with van der Waals surface area (Å²) in [5.74, 6) is 0.608. The van der Waals surface area contributed by atoms with Gasteiger partial charge in [-0.2, -0.15) is 0 Å². The molecule has 0 aliphatic rings. The molecule has 3 aromatic carbocycles. The fourth-order valence-corrected chi connectivity index (χ4v) is 4.14. The molecule has 3 N–H and O–H groups in total. The van der Waals surface area contributed by atoms with Crippen molar-refractivity contribution in [3.63, 3.8) is 0 Å². The first-order valence-corrected chi connectivity index (χ1v) is 9.32. The predicted molar refractivity (Wildman–Crippen MR) is 110 cm³/mol. The van der Waals surface area contributed by atoms with Crippen LogP contribution in [0.25, 0.3) is 32.0 Å². The van der Waals surface area contributed by atoms with E-state index in [1.807, 2.05) is 0 Å². The fourth-order valence-electron chi connectivity index (χ4n) is 3.31. The van der Waals surface area contributed by atoms with Crippen LogP contribution < -0.4 is 31.9 Å². The van der Waals surface area contributed by atoms with Gasteiger partial charge in [0.2, 0.25) is 16.0 Å². The summed E-state index contributed by atoms with van der Waals surface area (Å²) in [6.45, 7) is 0. The number of hydrogen-bond acceptors (Lipinski definition) is 9. The molecule has 0 saturated carbocycles. The molecule has 0 fully saturated rings. The molecule has 0 aliphatic carbocycles. The van der Waals surface area contributed by atoms with Crippen LogP contribution in [0, 0.1) is 0 Å². The maximum Gasteiger partial charge on any atom is 0.220 e. The second-order valence-corrected chi connectivity index (χ2v) is 7.40. The third-order valence-corrected chi connectivity index (χ3v) is 5.61. The first kappa shape index (κ1) is 17.9. The lowest BCUT2D eigenvalue weighted by molar-refractivity contribution is 0.0886. The number of aromatic nitrogens is 4. The molecule has 30 heavy (non-hydrogen) atoms. The number of H-pyrrole nitrogens is 1. The van der Waals surface area contributed by atoms with E-state index in [2.05, 4.69) is 15.5 Å². The van der Waals surface area contributed by atoms with Crippen molar-refractivity contribution < 1.29 is 9.94 Å². The Morgan fingerprint density at radius 3 is 2.47 bits per heavy atom. The second-order valence-electron chi connectivity index (χ2n) is 6.37. The Balaban J connectivity index is 1.78. The number of benzene rings is 3. The van der Waals surface area contributed by atoms with Crippen LogP contribution in [-0.4, -0.2) is 32.2 Å². The molecule has 5 rings (SSSR count). The summed E-state index contributed by atoms with van der Waals surface area (Å²) in [5.41, 5.74) is -0.533. The Labute approximate surface area is 168 Å². The molecule has 0 atom stereocenters. The van der Waals surface area contributed by atoms with Crippen molar-refractivity contribution in [1.82, 2.24) is 19.8 Å². The summed E-state index contributed by atoms with van der Waals surface area (Å²) in [5, 5.41) is 11.8. The first-order chi connectivity index (χ1) is 14.4. The summed E-state index contributed by atoms with van der Waals surface area (Å²) in [6, 6.07) is 7.15. The molecule has 11 nitrogen and oxygen atoms in total. The number of nitrogens with zero attached hydrogens (tertiary/aromatic N) is 3. The number of aromatic amines is 1. The van der Waals surface area contributed by atoms with Crippen LogP contribution in [0.5, 0.6) is 5.75 Å². The van der Waals surface area contributed by atoms with Crippen LogP contribution in [0.15, 0.2) is 49.5 Å². The average Bonchev–Trinajstić information content (AvgIpc) is 3.28. The molecule has 0 aliphatic heterocycles. The van der Waals surface area contributed by atoms with Gasteiger partial charge < -0.3 is 9.94 Å². The molecule has 0 radical (unpaired) electrons. The van der Waals surface area contributed by atoms with Gasteiger partial charge in [0, 0.05) is 6.07 Å². The Morgan fingerprint density at radius 2 is 1.77 bits per heavy atom. The number of nitrogens with one attached hydrogen (secondary N) is 2. The average molecular weight is 425 g/mol. The SMILES string of the molecule is COc1ccc2sc(Nn3c4c(=O)c5c(=O)ccc(=O)c5c(=O)c4[nH]n3O)nc2c1. The van der Waals surface area contributed by atoms with E-state index in [4.69, 9.17) is 4.74 Å². The molecule has 150 valence electrons. The lowest BCUT2D eigenvalue weighted by Crippen LogP contribution is -2.27. The Bertz CT molecular complexity index is 1710. The van der Waals surface area contributed by atoms with Crippen molar-refractivity contribution in [2.45, 2.75) is 0 Å². The maximum absolute atomic E-state index is 13.0. The number of hydrogen-bond donors (Lipinski definition) is 3. The van der Waals surface area contributed by atoms with Crippen LogP contribution in [0.2, 0.25) is 0 Å². The summed E-state index contributed by atoms with van der Waals surface area (Å²) in [4.78, 5) is 55.6. The quantitative estimate of drug-likeness (QED) is 0.355. The van der Waals surface area contributed by atoms with E-state index in [9.17, 15) is 24.4 Å². The largest absolute Gasteiger partial charge is 0.497 e. The van der Waals surface area contributed by atoms with Crippen molar-refractivity contribution in [1.29, 1.82) is 0 Å². The number of anilines is 1. The predicted octanol–water partition coefficient (Wildman–Crippen LogP) is 0.533. The van der Waals surface area contributed by atoms with E-state index in [0.29, 0.717) is 21.4 Å². The number of fused-ring (bicyclic) bond motifs is 3. The van der Waals surface area contributed by atoms with Gasteiger partial charge in [-0.15, -0.1) is 4.79 Å². The second kappa shape index (κ2) is 6.15. The van der Waals surface area contributed by atoms with Gasteiger partial charge in [-0.25, -0.2) is 15.5 Å². The third kappa shape index (κ3) is 2.40. The molecule has 5 aromatic rings. The maximum atomic E-state index is 13.0. The standard InChI is InChI=1S/C18H11N5O6S/c1-29-7-2-5-11-8(6-7)19-18(30-11)21-22-15-14(20-23(22)28)16(26)12-9(24)3-4-10(25)13(12)17(15)27/h2-6,20,28H,1H3,(H,19,21). The smallest absolute Gasteiger partial charge is 0.220 e.